The SMILES string of the molecule is CCc1ccc(N[C@@H]2SC(=O)N(c3ccccc3C)C2=O)cc1. The fraction of sp³-hybridized carbons (Fsp3) is 0.222. The summed E-state index contributed by atoms with van der Waals surface area (Å²) in [6.45, 7) is 3.99. The third-order valence-corrected chi connectivity index (χ3v) is 4.80. The van der Waals surface area contributed by atoms with E-state index in [1.165, 1.54) is 10.5 Å². The first-order valence-electron chi connectivity index (χ1n) is 7.56. The number of imide groups is 1. The van der Waals surface area contributed by atoms with Crippen LogP contribution in [0.25, 0.3) is 0 Å². The highest BCUT2D eigenvalue weighted by Crippen LogP contribution is 2.33. The molecule has 1 atom stereocenters. The van der Waals surface area contributed by atoms with Crippen LogP contribution in [0.1, 0.15) is 18.1 Å². The van der Waals surface area contributed by atoms with Gasteiger partial charge in [0.15, 0.2) is 5.37 Å². The van der Waals surface area contributed by atoms with Gasteiger partial charge in [-0.25, -0.2) is 4.90 Å². The average Bonchev–Trinajstić information content (AvgIpc) is 2.83. The number of hydrogen-bond acceptors (Lipinski definition) is 4. The van der Waals surface area contributed by atoms with Crippen LogP contribution in [0.4, 0.5) is 16.2 Å². The Kier molecular flexibility index (Phi) is 4.39. The van der Waals surface area contributed by atoms with Gasteiger partial charge < -0.3 is 5.32 Å². The van der Waals surface area contributed by atoms with Gasteiger partial charge in [0.1, 0.15) is 0 Å². The molecule has 2 amide bonds. The number of thioether (sulfide) groups is 1. The van der Waals surface area contributed by atoms with Crippen LogP contribution in [0.3, 0.4) is 0 Å². The minimum absolute atomic E-state index is 0.228. The number of amides is 2. The minimum atomic E-state index is -0.588. The highest BCUT2D eigenvalue weighted by atomic mass is 32.2. The molecule has 0 bridgehead atoms. The van der Waals surface area contributed by atoms with Crippen LogP contribution < -0.4 is 10.2 Å². The fourth-order valence-corrected chi connectivity index (χ4v) is 3.42. The summed E-state index contributed by atoms with van der Waals surface area (Å²) in [5, 5.41) is 2.31. The van der Waals surface area contributed by atoms with Gasteiger partial charge in [0.25, 0.3) is 11.1 Å². The monoisotopic (exact) mass is 326 g/mol. The molecule has 0 unspecified atom stereocenters. The Morgan fingerprint density at radius 3 is 2.43 bits per heavy atom. The molecule has 0 aliphatic carbocycles. The van der Waals surface area contributed by atoms with Crippen molar-refractivity contribution in [1.82, 2.24) is 0 Å². The van der Waals surface area contributed by atoms with Gasteiger partial charge in [0.05, 0.1) is 5.69 Å². The molecule has 1 fully saturated rings. The van der Waals surface area contributed by atoms with Gasteiger partial charge in [0, 0.05) is 5.69 Å². The van der Waals surface area contributed by atoms with E-state index in [0.717, 1.165) is 29.4 Å². The smallest absolute Gasteiger partial charge is 0.295 e. The number of carbonyl (C=O) groups is 2. The second-order valence-corrected chi connectivity index (χ2v) is 6.48. The Hall–Kier alpha value is -2.27. The van der Waals surface area contributed by atoms with Crippen molar-refractivity contribution >= 4 is 34.3 Å². The standard InChI is InChI=1S/C18H18N2O2S/c1-3-13-8-10-14(11-9-13)19-16-17(21)20(18(22)23-16)15-7-5-4-6-12(15)2/h4-11,16,19H,3H2,1-2H3/t16-/m1/s1. The number of benzene rings is 2. The highest BCUT2D eigenvalue weighted by molar-refractivity contribution is 8.16. The zero-order valence-electron chi connectivity index (χ0n) is 13.1. The normalized spacial score (nSPS) is 17.7. The van der Waals surface area contributed by atoms with E-state index in [0.29, 0.717) is 5.69 Å². The van der Waals surface area contributed by atoms with Crippen LogP contribution in [0.5, 0.6) is 0 Å². The van der Waals surface area contributed by atoms with Gasteiger partial charge in [0.2, 0.25) is 0 Å². The summed E-state index contributed by atoms with van der Waals surface area (Å²) >= 11 is 1.02. The second-order valence-electron chi connectivity index (χ2n) is 5.42. The molecular formula is C18H18N2O2S. The number of anilines is 2. The van der Waals surface area contributed by atoms with Crippen LogP contribution >= 0.6 is 11.8 Å². The van der Waals surface area contributed by atoms with Gasteiger partial charge >= 0.3 is 0 Å². The predicted molar refractivity (Wildman–Crippen MR) is 94.9 cm³/mol. The third-order valence-electron chi connectivity index (χ3n) is 3.86. The molecule has 0 saturated carbocycles. The number of nitrogens with zero attached hydrogens (tertiary/aromatic N) is 1. The Balaban J connectivity index is 1.79. The Labute approximate surface area is 139 Å². The number of hydrogen-bond donors (Lipinski definition) is 1. The number of para-hydroxylation sites is 1. The molecule has 1 saturated heterocycles. The number of rotatable bonds is 4. The lowest BCUT2D eigenvalue weighted by molar-refractivity contribution is -0.116. The molecule has 118 valence electrons. The fourth-order valence-electron chi connectivity index (χ4n) is 2.52. The van der Waals surface area contributed by atoms with Crippen molar-refractivity contribution in [3.63, 3.8) is 0 Å². The second kappa shape index (κ2) is 6.46. The van der Waals surface area contributed by atoms with E-state index < -0.39 is 5.37 Å². The lowest BCUT2D eigenvalue weighted by Crippen LogP contribution is -2.34. The van der Waals surface area contributed by atoms with Crippen LogP contribution in [-0.4, -0.2) is 16.5 Å². The molecule has 3 rings (SSSR count). The maximum atomic E-state index is 12.6. The summed E-state index contributed by atoms with van der Waals surface area (Å²) in [5.41, 5.74) is 3.63. The molecule has 23 heavy (non-hydrogen) atoms. The molecular weight excluding hydrogens is 308 g/mol. The van der Waals surface area contributed by atoms with Crippen molar-refractivity contribution in [1.29, 1.82) is 0 Å². The predicted octanol–water partition coefficient (Wildman–Crippen LogP) is 4.20. The first-order valence-corrected chi connectivity index (χ1v) is 8.44. The zero-order chi connectivity index (χ0) is 16.4. The van der Waals surface area contributed by atoms with Gasteiger partial charge in [-0.15, -0.1) is 0 Å². The van der Waals surface area contributed by atoms with Crippen LogP contribution in [0, 0.1) is 6.92 Å². The van der Waals surface area contributed by atoms with E-state index in [1.54, 1.807) is 6.07 Å². The zero-order valence-corrected chi connectivity index (χ0v) is 13.9. The lowest BCUT2D eigenvalue weighted by atomic mass is 10.1. The van der Waals surface area contributed by atoms with Crippen LogP contribution in [0.15, 0.2) is 48.5 Å². The van der Waals surface area contributed by atoms with E-state index in [9.17, 15) is 9.59 Å². The summed E-state index contributed by atoms with van der Waals surface area (Å²) in [4.78, 5) is 26.1. The van der Waals surface area contributed by atoms with Crippen molar-refractivity contribution in [2.75, 3.05) is 10.2 Å². The van der Waals surface area contributed by atoms with Gasteiger partial charge in [-0.2, -0.15) is 0 Å². The molecule has 1 aliphatic heterocycles. The molecule has 4 nitrogen and oxygen atoms in total. The van der Waals surface area contributed by atoms with Gasteiger partial charge in [-0.3, -0.25) is 9.59 Å². The van der Waals surface area contributed by atoms with Gasteiger partial charge in [-0.05, 0) is 54.4 Å². The number of aryl methyl sites for hydroxylation is 2. The van der Waals surface area contributed by atoms with Crippen LogP contribution in [0.2, 0.25) is 0 Å². The Morgan fingerprint density at radius 2 is 1.78 bits per heavy atom. The molecule has 2 aromatic rings. The quantitative estimate of drug-likeness (QED) is 0.915. The van der Waals surface area contributed by atoms with E-state index in [-0.39, 0.29) is 11.1 Å². The first-order chi connectivity index (χ1) is 11.1. The molecule has 0 spiro atoms. The minimum Gasteiger partial charge on any atom is -0.365 e. The molecule has 1 heterocycles. The Morgan fingerprint density at radius 1 is 1.09 bits per heavy atom. The number of nitrogens with one attached hydrogen (secondary N) is 1. The Bertz CT molecular complexity index is 743. The van der Waals surface area contributed by atoms with Crippen molar-refractivity contribution < 1.29 is 9.59 Å². The first kappa shape index (κ1) is 15.6. The van der Waals surface area contributed by atoms with Crippen molar-refractivity contribution in [2.45, 2.75) is 25.6 Å². The molecule has 0 radical (unpaired) electrons. The third kappa shape index (κ3) is 3.10. The van der Waals surface area contributed by atoms with Crippen molar-refractivity contribution in [3.8, 4) is 0 Å². The molecule has 1 N–H and O–H groups in total. The largest absolute Gasteiger partial charge is 0.365 e. The van der Waals surface area contributed by atoms with E-state index in [2.05, 4.69) is 12.2 Å². The van der Waals surface area contributed by atoms with Gasteiger partial charge in [-0.1, -0.05) is 37.3 Å². The molecule has 1 aliphatic rings. The summed E-state index contributed by atoms with van der Waals surface area (Å²) in [7, 11) is 0. The summed E-state index contributed by atoms with van der Waals surface area (Å²) in [5.74, 6) is -0.228. The van der Waals surface area contributed by atoms with Crippen molar-refractivity contribution in [3.05, 3.63) is 59.7 Å². The van der Waals surface area contributed by atoms with Crippen molar-refractivity contribution in [2.24, 2.45) is 0 Å². The maximum Gasteiger partial charge on any atom is 0.295 e. The van der Waals surface area contributed by atoms with E-state index in [1.807, 2.05) is 49.4 Å². The molecule has 0 aromatic heterocycles. The summed E-state index contributed by atoms with van der Waals surface area (Å²) < 4.78 is 0. The lowest BCUT2D eigenvalue weighted by Gasteiger charge is -2.17. The number of carbonyl (C=O) groups excluding carboxylic acids is 2. The van der Waals surface area contributed by atoms with E-state index in [4.69, 9.17) is 0 Å². The maximum absolute atomic E-state index is 12.6. The summed E-state index contributed by atoms with van der Waals surface area (Å²) in [6.07, 6.45) is 0.969. The van der Waals surface area contributed by atoms with E-state index >= 15 is 0 Å². The molecule has 2 aromatic carbocycles. The average molecular weight is 326 g/mol. The highest BCUT2D eigenvalue weighted by Gasteiger charge is 2.41. The summed E-state index contributed by atoms with van der Waals surface area (Å²) in [6, 6.07) is 15.3. The topological polar surface area (TPSA) is 49.4 Å². The molecule has 5 heteroatoms. The van der Waals surface area contributed by atoms with Crippen LogP contribution in [-0.2, 0) is 11.2 Å².